The average Bonchev–Trinajstić information content (AvgIpc) is 2.42. The average molecular weight is 314 g/mol. The Morgan fingerprint density at radius 2 is 1.76 bits per heavy atom. The SMILES string of the molecule is Cc1ccc(C(=O)NCCNS(=O)(=O)CCC(=O)O)cc1. The van der Waals surface area contributed by atoms with Crippen molar-refractivity contribution >= 4 is 21.9 Å². The summed E-state index contributed by atoms with van der Waals surface area (Å²) in [6.45, 7) is 2.05. The molecule has 1 amide bonds. The molecule has 0 aliphatic carbocycles. The van der Waals surface area contributed by atoms with Crippen molar-refractivity contribution in [3.8, 4) is 0 Å². The van der Waals surface area contributed by atoms with Gasteiger partial charge in [-0.15, -0.1) is 0 Å². The number of nitrogens with one attached hydrogen (secondary N) is 2. The Balaban J connectivity index is 2.32. The number of carboxylic acid groups (broad SMARTS) is 1. The molecule has 116 valence electrons. The number of benzene rings is 1. The van der Waals surface area contributed by atoms with Gasteiger partial charge in [0, 0.05) is 18.7 Å². The first-order valence-electron chi connectivity index (χ1n) is 6.34. The molecule has 7 nitrogen and oxygen atoms in total. The summed E-state index contributed by atoms with van der Waals surface area (Å²) in [5.74, 6) is -1.94. The third-order valence-corrected chi connectivity index (χ3v) is 4.02. The number of hydrogen-bond donors (Lipinski definition) is 3. The monoisotopic (exact) mass is 314 g/mol. The van der Waals surface area contributed by atoms with Crippen LogP contribution in [-0.2, 0) is 14.8 Å². The lowest BCUT2D eigenvalue weighted by Gasteiger charge is -2.07. The molecule has 1 aromatic rings. The molecule has 0 aromatic heterocycles. The van der Waals surface area contributed by atoms with Crippen LogP contribution in [0.1, 0.15) is 22.3 Å². The summed E-state index contributed by atoms with van der Waals surface area (Å²) in [6.07, 6.45) is -0.453. The van der Waals surface area contributed by atoms with Gasteiger partial charge in [-0.25, -0.2) is 13.1 Å². The molecule has 0 heterocycles. The van der Waals surface area contributed by atoms with Crippen molar-refractivity contribution in [3.63, 3.8) is 0 Å². The minimum atomic E-state index is -3.63. The minimum absolute atomic E-state index is 0.0134. The van der Waals surface area contributed by atoms with Gasteiger partial charge in [0.05, 0.1) is 12.2 Å². The number of carbonyl (C=O) groups excluding carboxylic acids is 1. The van der Waals surface area contributed by atoms with Crippen LogP contribution in [0.5, 0.6) is 0 Å². The van der Waals surface area contributed by atoms with E-state index in [2.05, 4.69) is 10.0 Å². The van der Waals surface area contributed by atoms with Crippen LogP contribution in [0.2, 0.25) is 0 Å². The molecule has 3 N–H and O–H groups in total. The van der Waals surface area contributed by atoms with Gasteiger partial charge in [-0.2, -0.15) is 0 Å². The highest BCUT2D eigenvalue weighted by Crippen LogP contribution is 2.02. The van der Waals surface area contributed by atoms with E-state index in [9.17, 15) is 18.0 Å². The van der Waals surface area contributed by atoms with Crippen LogP contribution in [0.4, 0.5) is 0 Å². The van der Waals surface area contributed by atoms with Gasteiger partial charge >= 0.3 is 5.97 Å². The van der Waals surface area contributed by atoms with Gasteiger partial charge < -0.3 is 10.4 Å². The van der Waals surface area contributed by atoms with Crippen LogP contribution >= 0.6 is 0 Å². The molecule has 0 fully saturated rings. The number of carboxylic acids is 1. The third-order valence-electron chi connectivity index (χ3n) is 2.63. The summed E-state index contributed by atoms with van der Waals surface area (Å²) in [5, 5.41) is 11.0. The summed E-state index contributed by atoms with van der Waals surface area (Å²) in [6, 6.07) is 6.98. The molecule has 8 heteroatoms. The third kappa shape index (κ3) is 6.87. The van der Waals surface area contributed by atoms with E-state index >= 15 is 0 Å². The fourth-order valence-electron chi connectivity index (χ4n) is 1.48. The first-order chi connectivity index (χ1) is 9.80. The van der Waals surface area contributed by atoms with E-state index in [1.165, 1.54) is 0 Å². The van der Waals surface area contributed by atoms with E-state index in [-0.39, 0.29) is 19.0 Å². The molecule has 1 aromatic carbocycles. The Hall–Kier alpha value is -1.93. The van der Waals surface area contributed by atoms with Gasteiger partial charge in [0.2, 0.25) is 10.0 Å². The topological polar surface area (TPSA) is 113 Å². The van der Waals surface area contributed by atoms with E-state index in [4.69, 9.17) is 5.11 Å². The van der Waals surface area contributed by atoms with Crippen molar-refractivity contribution in [2.75, 3.05) is 18.8 Å². The van der Waals surface area contributed by atoms with Gasteiger partial charge in [0.1, 0.15) is 0 Å². The number of sulfonamides is 1. The predicted octanol–water partition coefficient (Wildman–Crippen LogP) is 0.119. The predicted molar refractivity (Wildman–Crippen MR) is 77.6 cm³/mol. The maximum absolute atomic E-state index is 11.7. The second-order valence-corrected chi connectivity index (χ2v) is 6.41. The number of carbonyl (C=O) groups is 2. The van der Waals surface area contributed by atoms with E-state index in [0.717, 1.165) is 5.56 Å². The lowest BCUT2D eigenvalue weighted by atomic mass is 10.1. The molecule has 0 saturated heterocycles. The highest BCUT2D eigenvalue weighted by Gasteiger charge is 2.12. The van der Waals surface area contributed by atoms with Gasteiger partial charge in [0.25, 0.3) is 5.91 Å². The fourth-order valence-corrected chi connectivity index (χ4v) is 2.48. The van der Waals surface area contributed by atoms with E-state index in [1.807, 2.05) is 19.1 Å². The van der Waals surface area contributed by atoms with Crippen LogP contribution in [0.3, 0.4) is 0 Å². The van der Waals surface area contributed by atoms with E-state index in [1.54, 1.807) is 12.1 Å². The zero-order valence-corrected chi connectivity index (χ0v) is 12.4. The van der Waals surface area contributed by atoms with Crippen LogP contribution in [0.15, 0.2) is 24.3 Å². The standard InChI is InChI=1S/C13H18N2O5S/c1-10-2-4-11(5-3-10)13(18)14-7-8-15-21(19,20)9-6-12(16)17/h2-5,15H,6-9H2,1H3,(H,14,18)(H,16,17). The summed E-state index contributed by atoms with van der Waals surface area (Å²) < 4.78 is 25.0. The number of aryl methyl sites for hydroxylation is 1. The lowest BCUT2D eigenvalue weighted by Crippen LogP contribution is -2.36. The Labute approximate surface area is 123 Å². The molecular weight excluding hydrogens is 296 g/mol. The first kappa shape index (κ1) is 17.1. The molecule has 0 aliphatic heterocycles. The largest absolute Gasteiger partial charge is 0.481 e. The molecular formula is C13H18N2O5S. The maximum atomic E-state index is 11.7. The van der Waals surface area contributed by atoms with Crippen LogP contribution in [0.25, 0.3) is 0 Å². The van der Waals surface area contributed by atoms with E-state index in [0.29, 0.717) is 5.56 Å². The Morgan fingerprint density at radius 1 is 1.14 bits per heavy atom. The highest BCUT2D eigenvalue weighted by atomic mass is 32.2. The van der Waals surface area contributed by atoms with Gasteiger partial charge in [-0.05, 0) is 19.1 Å². The Kier molecular flexibility index (Phi) is 6.32. The molecule has 0 unspecified atom stereocenters. The minimum Gasteiger partial charge on any atom is -0.481 e. The number of aliphatic carboxylic acids is 1. The van der Waals surface area contributed by atoms with Crippen LogP contribution in [0, 0.1) is 6.92 Å². The van der Waals surface area contributed by atoms with Crippen molar-refractivity contribution in [2.24, 2.45) is 0 Å². The quantitative estimate of drug-likeness (QED) is 0.590. The molecule has 0 bridgehead atoms. The van der Waals surface area contributed by atoms with Crippen molar-refractivity contribution in [1.82, 2.24) is 10.0 Å². The highest BCUT2D eigenvalue weighted by molar-refractivity contribution is 7.89. The van der Waals surface area contributed by atoms with Crippen molar-refractivity contribution in [1.29, 1.82) is 0 Å². The Morgan fingerprint density at radius 3 is 2.33 bits per heavy atom. The number of rotatable bonds is 8. The zero-order valence-electron chi connectivity index (χ0n) is 11.6. The van der Waals surface area contributed by atoms with Gasteiger partial charge in [-0.1, -0.05) is 17.7 Å². The van der Waals surface area contributed by atoms with Crippen molar-refractivity contribution < 1.29 is 23.1 Å². The molecule has 21 heavy (non-hydrogen) atoms. The van der Waals surface area contributed by atoms with Crippen molar-refractivity contribution in [3.05, 3.63) is 35.4 Å². The summed E-state index contributed by atoms with van der Waals surface area (Å²) in [7, 11) is -3.63. The molecule has 1 rings (SSSR count). The molecule has 0 saturated carbocycles. The Bertz CT molecular complexity index is 595. The van der Waals surface area contributed by atoms with Gasteiger partial charge in [0.15, 0.2) is 0 Å². The first-order valence-corrected chi connectivity index (χ1v) is 7.99. The zero-order chi connectivity index (χ0) is 15.9. The summed E-state index contributed by atoms with van der Waals surface area (Å²) in [5.41, 5.74) is 1.53. The smallest absolute Gasteiger partial charge is 0.304 e. The number of amides is 1. The second-order valence-electron chi connectivity index (χ2n) is 4.48. The molecule has 0 spiro atoms. The van der Waals surface area contributed by atoms with Crippen LogP contribution < -0.4 is 10.0 Å². The maximum Gasteiger partial charge on any atom is 0.304 e. The normalized spacial score (nSPS) is 11.1. The fraction of sp³-hybridized carbons (Fsp3) is 0.385. The van der Waals surface area contributed by atoms with Gasteiger partial charge in [-0.3, -0.25) is 9.59 Å². The lowest BCUT2D eigenvalue weighted by molar-refractivity contribution is -0.136. The molecule has 0 atom stereocenters. The summed E-state index contributed by atoms with van der Waals surface area (Å²) >= 11 is 0. The molecule has 0 radical (unpaired) electrons. The molecule has 0 aliphatic rings. The second kappa shape index (κ2) is 7.75. The summed E-state index contributed by atoms with van der Waals surface area (Å²) in [4.78, 5) is 22.0. The van der Waals surface area contributed by atoms with Crippen LogP contribution in [-0.4, -0.2) is 44.2 Å². The number of hydrogen-bond acceptors (Lipinski definition) is 4. The van der Waals surface area contributed by atoms with Crippen molar-refractivity contribution in [2.45, 2.75) is 13.3 Å². The van der Waals surface area contributed by atoms with E-state index < -0.39 is 28.2 Å².